The van der Waals surface area contributed by atoms with Crippen LogP contribution in [0.25, 0.3) is 0 Å². The molecule has 0 bridgehead atoms. The van der Waals surface area contributed by atoms with Crippen molar-refractivity contribution in [2.45, 2.75) is 19.8 Å². The zero-order valence-electron chi connectivity index (χ0n) is 13.3. The number of para-hydroxylation sites is 1. The van der Waals surface area contributed by atoms with Crippen molar-refractivity contribution in [3.05, 3.63) is 48.0 Å². The molecular formula is C18H20N2O3. The van der Waals surface area contributed by atoms with Crippen LogP contribution in [0.4, 0.5) is 11.4 Å². The molecule has 2 aromatic carbocycles. The molecule has 0 radical (unpaired) electrons. The Labute approximate surface area is 135 Å². The van der Waals surface area contributed by atoms with Crippen molar-refractivity contribution < 1.29 is 14.3 Å². The first kappa shape index (κ1) is 15.2. The second-order valence-corrected chi connectivity index (χ2v) is 5.71. The van der Waals surface area contributed by atoms with Gasteiger partial charge in [-0.2, -0.15) is 0 Å². The van der Waals surface area contributed by atoms with E-state index in [4.69, 9.17) is 9.47 Å². The zero-order valence-corrected chi connectivity index (χ0v) is 13.3. The minimum Gasteiger partial charge on any atom is -0.454 e. The molecular weight excluding hydrogens is 292 g/mol. The minimum atomic E-state index is -0.0873. The summed E-state index contributed by atoms with van der Waals surface area (Å²) in [6.45, 7) is 4.64. The van der Waals surface area contributed by atoms with Gasteiger partial charge in [-0.1, -0.05) is 32.0 Å². The van der Waals surface area contributed by atoms with Gasteiger partial charge < -0.3 is 20.1 Å². The predicted octanol–water partition coefficient (Wildman–Crippen LogP) is 3.59. The Morgan fingerprint density at radius 2 is 1.91 bits per heavy atom. The fourth-order valence-corrected chi connectivity index (χ4v) is 2.50. The summed E-state index contributed by atoms with van der Waals surface area (Å²) in [5.74, 6) is 1.69. The number of carbonyl (C=O) groups is 1. The van der Waals surface area contributed by atoms with Crippen LogP contribution in [0.1, 0.15) is 25.3 Å². The van der Waals surface area contributed by atoms with Crippen LogP contribution in [0.5, 0.6) is 11.5 Å². The first-order chi connectivity index (χ1) is 11.1. The van der Waals surface area contributed by atoms with Crippen molar-refractivity contribution in [2.24, 2.45) is 0 Å². The van der Waals surface area contributed by atoms with E-state index in [1.165, 1.54) is 0 Å². The number of anilines is 2. The Morgan fingerprint density at radius 1 is 1.13 bits per heavy atom. The van der Waals surface area contributed by atoms with Crippen LogP contribution in [0.3, 0.4) is 0 Å². The highest BCUT2D eigenvalue weighted by Crippen LogP contribution is 2.34. The third-order valence-corrected chi connectivity index (χ3v) is 3.68. The molecule has 0 unspecified atom stereocenters. The van der Waals surface area contributed by atoms with Gasteiger partial charge in [-0.3, -0.25) is 4.79 Å². The molecule has 0 aromatic heterocycles. The molecule has 1 aliphatic rings. The van der Waals surface area contributed by atoms with Crippen LogP contribution >= 0.6 is 0 Å². The van der Waals surface area contributed by atoms with Crippen LogP contribution in [-0.4, -0.2) is 19.2 Å². The van der Waals surface area contributed by atoms with Gasteiger partial charge in [0, 0.05) is 17.4 Å². The molecule has 0 saturated heterocycles. The van der Waals surface area contributed by atoms with Gasteiger partial charge in [-0.25, -0.2) is 0 Å². The molecule has 2 aromatic rings. The molecule has 5 nitrogen and oxygen atoms in total. The number of hydrogen-bond donors (Lipinski definition) is 2. The number of benzene rings is 2. The van der Waals surface area contributed by atoms with E-state index in [0.29, 0.717) is 11.7 Å². The molecule has 1 amide bonds. The summed E-state index contributed by atoms with van der Waals surface area (Å²) in [5.41, 5.74) is 2.81. The molecule has 0 fully saturated rings. The Balaban J connectivity index is 1.60. The van der Waals surface area contributed by atoms with Crippen molar-refractivity contribution in [2.75, 3.05) is 24.0 Å². The smallest absolute Gasteiger partial charge is 0.243 e. The summed E-state index contributed by atoms with van der Waals surface area (Å²) in [7, 11) is 0. The monoisotopic (exact) mass is 312 g/mol. The maximum absolute atomic E-state index is 12.2. The van der Waals surface area contributed by atoms with Gasteiger partial charge in [0.05, 0.1) is 6.54 Å². The third kappa shape index (κ3) is 3.56. The van der Waals surface area contributed by atoms with Gasteiger partial charge in [0.15, 0.2) is 11.5 Å². The van der Waals surface area contributed by atoms with Gasteiger partial charge in [-0.05, 0) is 29.7 Å². The Morgan fingerprint density at radius 3 is 2.74 bits per heavy atom. The molecule has 5 heteroatoms. The number of nitrogens with one attached hydrogen (secondary N) is 2. The Hall–Kier alpha value is -2.69. The van der Waals surface area contributed by atoms with Crippen molar-refractivity contribution in [3.63, 3.8) is 0 Å². The summed E-state index contributed by atoms with van der Waals surface area (Å²) in [5, 5.41) is 6.05. The van der Waals surface area contributed by atoms with Crippen molar-refractivity contribution in [3.8, 4) is 11.5 Å². The second kappa shape index (κ2) is 6.60. The summed E-state index contributed by atoms with van der Waals surface area (Å²) in [6.07, 6.45) is 0. The third-order valence-electron chi connectivity index (χ3n) is 3.68. The van der Waals surface area contributed by atoms with Gasteiger partial charge in [-0.15, -0.1) is 0 Å². The molecule has 1 aliphatic heterocycles. The topological polar surface area (TPSA) is 59.6 Å². The normalized spacial score (nSPS) is 12.3. The first-order valence-corrected chi connectivity index (χ1v) is 7.66. The largest absolute Gasteiger partial charge is 0.454 e. The quantitative estimate of drug-likeness (QED) is 0.886. The maximum atomic E-state index is 12.2. The summed E-state index contributed by atoms with van der Waals surface area (Å²) in [6, 6.07) is 13.4. The van der Waals surface area contributed by atoms with Crippen LogP contribution < -0.4 is 20.1 Å². The molecule has 23 heavy (non-hydrogen) atoms. The fraction of sp³-hybridized carbons (Fsp3) is 0.278. The molecule has 2 N–H and O–H groups in total. The number of amides is 1. The first-order valence-electron chi connectivity index (χ1n) is 7.66. The van der Waals surface area contributed by atoms with E-state index >= 15 is 0 Å². The van der Waals surface area contributed by atoms with Crippen molar-refractivity contribution in [1.82, 2.24) is 0 Å². The van der Waals surface area contributed by atoms with Crippen molar-refractivity contribution in [1.29, 1.82) is 0 Å². The van der Waals surface area contributed by atoms with Gasteiger partial charge in [0.25, 0.3) is 0 Å². The lowest BCUT2D eigenvalue weighted by atomic mass is 10.0. The number of hydrogen-bond acceptors (Lipinski definition) is 4. The maximum Gasteiger partial charge on any atom is 0.243 e. The highest BCUT2D eigenvalue weighted by Gasteiger charge is 2.14. The fourth-order valence-electron chi connectivity index (χ4n) is 2.50. The van der Waals surface area contributed by atoms with E-state index in [-0.39, 0.29) is 19.2 Å². The molecule has 3 rings (SSSR count). The number of ether oxygens (including phenoxy) is 2. The molecule has 0 spiro atoms. The van der Waals surface area contributed by atoms with Crippen molar-refractivity contribution >= 4 is 17.3 Å². The van der Waals surface area contributed by atoms with E-state index in [1.807, 2.05) is 42.5 Å². The predicted molar refractivity (Wildman–Crippen MR) is 90.2 cm³/mol. The SMILES string of the molecule is CC(C)c1ccccc1NC(=O)CNc1ccc2c(c1)OCO2. The highest BCUT2D eigenvalue weighted by molar-refractivity contribution is 5.94. The molecule has 0 atom stereocenters. The summed E-state index contributed by atoms with van der Waals surface area (Å²) in [4.78, 5) is 12.2. The lowest BCUT2D eigenvalue weighted by Crippen LogP contribution is -2.22. The average molecular weight is 312 g/mol. The lowest BCUT2D eigenvalue weighted by molar-refractivity contribution is -0.114. The minimum absolute atomic E-state index is 0.0873. The van der Waals surface area contributed by atoms with E-state index in [2.05, 4.69) is 24.5 Å². The molecule has 1 heterocycles. The average Bonchev–Trinajstić information content (AvgIpc) is 3.01. The Kier molecular flexibility index (Phi) is 4.37. The van der Waals surface area contributed by atoms with Crippen LogP contribution in [-0.2, 0) is 4.79 Å². The van der Waals surface area contributed by atoms with E-state index in [9.17, 15) is 4.79 Å². The molecule has 120 valence electrons. The lowest BCUT2D eigenvalue weighted by Gasteiger charge is -2.14. The summed E-state index contributed by atoms with van der Waals surface area (Å²) < 4.78 is 10.6. The van der Waals surface area contributed by atoms with Crippen LogP contribution in [0, 0.1) is 0 Å². The molecule has 0 aliphatic carbocycles. The number of rotatable bonds is 5. The standard InChI is InChI=1S/C18H20N2O3/c1-12(2)14-5-3-4-6-15(14)20-18(21)10-19-13-7-8-16-17(9-13)23-11-22-16/h3-9,12,19H,10-11H2,1-2H3,(H,20,21). The number of carbonyl (C=O) groups excluding carboxylic acids is 1. The summed E-state index contributed by atoms with van der Waals surface area (Å²) >= 11 is 0. The Bertz CT molecular complexity index is 713. The zero-order chi connectivity index (χ0) is 16.2. The van der Waals surface area contributed by atoms with Gasteiger partial charge in [0.2, 0.25) is 12.7 Å². The van der Waals surface area contributed by atoms with E-state index < -0.39 is 0 Å². The highest BCUT2D eigenvalue weighted by atomic mass is 16.7. The van der Waals surface area contributed by atoms with E-state index in [0.717, 1.165) is 22.7 Å². The van der Waals surface area contributed by atoms with Crippen LogP contribution in [0.2, 0.25) is 0 Å². The molecule has 0 saturated carbocycles. The van der Waals surface area contributed by atoms with Gasteiger partial charge >= 0.3 is 0 Å². The number of fused-ring (bicyclic) bond motifs is 1. The second-order valence-electron chi connectivity index (χ2n) is 5.71. The van der Waals surface area contributed by atoms with Crippen LogP contribution in [0.15, 0.2) is 42.5 Å². The van der Waals surface area contributed by atoms with Gasteiger partial charge in [0.1, 0.15) is 0 Å². The van der Waals surface area contributed by atoms with E-state index in [1.54, 1.807) is 0 Å².